The number of nitrogens with two attached hydrogens (primary N) is 1. The van der Waals surface area contributed by atoms with Crippen LogP contribution in [0, 0.1) is 23.7 Å². The first-order valence-electron chi connectivity index (χ1n) is 24.2. The largest absolute Gasteiger partial charge is 0.480 e. The molecule has 0 spiro atoms. The molecule has 0 heterocycles. The predicted octanol–water partition coefficient (Wildman–Crippen LogP) is 9.02. The molecule has 16 nitrogen and oxygen atoms in total. The summed E-state index contributed by atoms with van der Waals surface area (Å²) in [5.41, 5.74) is 7.96. The van der Waals surface area contributed by atoms with Gasteiger partial charge in [-0.15, -0.1) is 0 Å². The standard InChI is InChI=1S/C27H34N2O4.C18H18N2O2.C13H25NO5/c1-19(32-26(2,3)4)23(29-25(31)33-27(5,6)7)24(30)28-22-17-15-21(16-18-22)14-13-20-11-9-8-10-12-20;1-13(21)17(19)18(22)20-16-11-9-15(10-12-16)8-7-14-5-3-2-4-6-14;1-8(18-12(2,3)4)9(10(15)16)14-11(17)19-13(5,6)7/h8-12,15-19,23H,1-7H3,(H,28,30)(H,29,31);2-6,9-13,17,21H,19H2,1H3,(H,20,22);8-9H,1-7H3,(H,14,17)(H,15,16)/t19-,23?;13-,17+;8-,9?/m000/s1. The Morgan fingerprint density at radius 3 is 1.09 bits per heavy atom. The Bertz CT molecular complexity index is 2540. The molecular weight excluding hydrogens is 943 g/mol. The van der Waals surface area contributed by atoms with Gasteiger partial charge in [-0.05, 0) is 177 Å². The number of carbonyl (C=O) groups is 5. The summed E-state index contributed by atoms with van der Waals surface area (Å²) in [5, 5.41) is 28.9. The van der Waals surface area contributed by atoms with Gasteiger partial charge in [0.2, 0.25) is 11.8 Å². The molecule has 0 aliphatic carbocycles. The number of carboxylic acids is 1. The highest BCUT2D eigenvalue weighted by atomic mass is 16.6. The molecule has 0 aliphatic heterocycles. The van der Waals surface area contributed by atoms with Crippen LogP contribution >= 0.6 is 0 Å². The van der Waals surface area contributed by atoms with E-state index in [4.69, 9.17) is 29.8 Å². The monoisotopic (exact) mass is 1020 g/mol. The fraction of sp³-hybridized carbons (Fsp3) is 0.431. The predicted molar refractivity (Wildman–Crippen MR) is 289 cm³/mol. The van der Waals surface area contributed by atoms with Gasteiger partial charge in [0.1, 0.15) is 23.3 Å². The number of carboxylic acid groups (broad SMARTS) is 1. The summed E-state index contributed by atoms with van der Waals surface area (Å²) >= 11 is 0. The van der Waals surface area contributed by atoms with E-state index in [1.54, 1.807) is 79.7 Å². The summed E-state index contributed by atoms with van der Waals surface area (Å²) in [7, 11) is 0. The third-order valence-electron chi connectivity index (χ3n) is 9.29. The van der Waals surface area contributed by atoms with Gasteiger partial charge in [-0.2, -0.15) is 0 Å². The zero-order chi connectivity index (χ0) is 56.0. The van der Waals surface area contributed by atoms with Crippen LogP contribution in [0.25, 0.3) is 0 Å². The van der Waals surface area contributed by atoms with Gasteiger partial charge >= 0.3 is 18.2 Å². The number of aliphatic hydroxyl groups is 1. The average molecular weight is 1020 g/mol. The lowest BCUT2D eigenvalue weighted by Gasteiger charge is -2.31. The molecule has 0 aliphatic rings. The van der Waals surface area contributed by atoms with Gasteiger partial charge < -0.3 is 56.2 Å². The Hall–Kier alpha value is -7.21. The van der Waals surface area contributed by atoms with E-state index in [1.165, 1.54) is 6.92 Å². The van der Waals surface area contributed by atoms with E-state index < -0.39 is 88.8 Å². The number of benzene rings is 4. The minimum atomic E-state index is -1.16. The molecule has 0 fully saturated rings. The van der Waals surface area contributed by atoms with Gasteiger partial charge in [0.05, 0.1) is 29.5 Å². The van der Waals surface area contributed by atoms with Crippen molar-refractivity contribution in [1.29, 1.82) is 0 Å². The van der Waals surface area contributed by atoms with E-state index in [-0.39, 0.29) is 0 Å². The van der Waals surface area contributed by atoms with Gasteiger partial charge in [-0.3, -0.25) is 9.59 Å². The Morgan fingerprint density at radius 2 is 0.784 bits per heavy atom. The number of aliphatic carboxylic acids is 1. The van der Waals surface area contributed by atoms with Crippen LogP contribution in [0.1, 0.15) is 126 Å². The van der Waals surface area contributed by atoms with E-state index >= 15 is 0 Å². The van der Waals surface area contributed by atoms with Crippen LogP contribution in [-0.4, -0.2) is 99.0 Å². The molecule has 4 rings (SSSR count). The number of rotatable bonds is 12. The maximum Gasteiger partial charge on any atom is 0.408 e. The molecule has 0 bridgehead atoms. The zero-order valence-electron chi connectivity index (χ0n) is 45.5. The molecule has 8 N–H and O–H groups in total. The molecule has 4 aromatic carbocycles. The van der Waals surface area contributed by atoms with E-state index in [0.29, 0.717) is 11.4 Å². The summed E-state index contributed by atoms with van der Waals surface area (Å²) in [6.45, 7) is 26.3. The number of nitrogens with one attached hydrogen (secondary N) is 4. The van der Waals surface area contributed by atoms with Crippen molar-refractivity contribution in [3.63, 3.8) is 0 Å². The third kappa shape index (κ3) is 27.0. The van der Waals surface area contributed by atoms with Gasteiger partial charge in [0, 0.05) is 33.6 Å². The van der Waals surface area contributed by atoms with Crippen LogP contribution in [0.3, 0.4) is 0 Å². The highest BCUT2D eigenvalue weighted by Gasteiger charge is 2.33. The van der Waals surface area contributed by atoms with E-state index in [1.807, 2.05) is 126 Å². The number of hydrogen-bond acceptors (Lipinski definition) is 11. The Morgan fingerprint density at radius 1 is 0.473 bits per heavy atom. The van der Waals surface area contributed by atoms with Crippen molar-refractivity contribution >= 4 is 41.3 Å². The number of alkyl carbamates (subject to hydrolysis) is 2. The second kappa shape index (κ2) is 28.9. The van der Waals surface area contributed by atoms with Crippen molar-refractivity contribution in [3.05, 3.63) is 131 Å². The lowest BCUT2D eigenvalue weighted by atomic mass is 10.1. The maximum absolute atomic E-state index is 13.0. The minimum Gasteiger partial charge on any atom is -0.480 e. The minimum absolute atomic E-state index is 0.402. The van der Waals surface area contributed by atoms with Crippen molar-refractivity contribution in [3.8, 4) is 23.7 Å². The third-order valence-corrected chi connectivity index (χ3v) is 9.29. The molecule has 0 aromatic heterocycles. The number of hydrogen-bond donors (Lipinski definition) is 7. The molecule has 74 heavy (non-hydrogen) atoms. The Labute approximate surface area is 437 Å². The quantitative estimate of drug-likeness (QED) is 0.0659. The number of amides is 4. The molecular formula is C58H77N5O11. The molecule has 0 radical (unpaired) electrons. The second-order valence-electron chi connectivity index (χ2n) is 21.1. The van der Waals surface area contributed by atoms with E-state index in [2.05, 4.69) is 44.9 Å². The topological polar surface area (TPSA) is 237 Å². The van der Waals surface area contributed by atoms with Gasteiger partial charge in [0.25, 0.3) is 0 Å². The van der Waals surface area contributed by atoms with E-state index in [9.17, 15) is 29.1 Å². The Balaban J connectivity index is 0.000000400. The molecule has 2 unspecified atom stereocenters. The van der Waals surface area contributed by atoms with Gasteiger partial charge in [0.15, 0.2) is 6.04 Å². The van der Waals surface area contributed by atoms with Crippen molar-refractivity contribution in [2.45, 2.75) is 163 Å². The fourth-order valence-corrected chi connectivity index (χ4v) is 6.17. The second-order valence-corrected chi connectivity index (χ2v) is 21.1. The number of ether oxygens (including phenoxy) is 4. The average Bonchev–Trinajstić information content (AvgIpc) is 3.28. The molecule has 0 saturated heterocycles. The molecule has 4 amide bonds. The summed E-state index contributed by atoms with van der Waals surface area (Å²) < 4.78 is 21.8. The van der Waals surface area contributed by atoms with Crippen molar-refractivity contribution < 1.29 is 53.1 Å². The van der Waals surface area contributed by atoms with Crippen molar-refractivity contribution in [1.82, 2.24) is 10.6 Å². The van der Waals surface area contributed by atoms with Crippen LogP contribution in [0.5, 0.6) is 0 Å². The van der Waals surface area contributed by atoms with Gasteiger partial charge in [-0.25, -0.2) is 14.4 Å². The highest BCUT2D eigenvalue weighted by molar-refractivity contribution is 5.97. The lowest BCUT2D eigenvalue weighted by Crippen LogP contribution is -2.53. The van der Waals surface area contributed by atoms with Crippen molar-refractivity contribution in [2.75, 3.05) is 10.6 Å². The zero-order valence-corrected chi connectivity index (χ0v) is 45.5. The van der Waals surface area contributed by atoms with Crippen LogP contribution < -0.4 is 27.0 Å². The number of aliphatic hydroxyl groups excluding tert-OH is 1. The molecule has 4 aromatic rings. The van der Waals surface area contributed by atoms with E-state index in [0.717, 1.165) is 22.3 Å². The van der Waals surface area contributed by atoms with Crippen LogP contribution in [0.15, 0.2) is 109 Å². The van der Waals surface area contributed by atoms with Crippen LogP contribution in [-0.2, 0) is 33.3 Å². The maximum atomic E-state index is 13.0. The highest BCUT2D eigenvalue weighted by Crippen LogP contribution is 2.18. The first-order valence-corrected chi connectivity index (χ1v) is 24.2. The van der Waals surface area contributed by atoms with Crippen molar-refractivity contribution in [2.24, 2.45) is 5.73 Å². The summed E-state index contributed by atoms with van der Waals surface area (Å²) in [4.78, 5) is 59.9. The summed E-state index contributed by atoms with van der Waals surface area (Å²) in [5.74, 6) is 10.3. The Kier molecular flexibility index (Phi) is 24.6. The van der Waals surface area contributed by atoms with Crippen LogP contribution in [0.2, 0.25) is 0 Å². The lowest BCUT2D eigenvalue weighted by molar-refractivity contribution is -0.147. The first-order chi connectivity index (χ1) is 34.2. The summed E-state index contributed by atoms with van der Waals surface area (Å²) in [6.07, 6.45) is -3.61. The summed E-state index contributed by atoms with van der Waals surface area (Å²) in [6, 6.07) is 30.7. The number of carbonyl (C=O) groups excluding carboxylic acids is 4. The SMILES string of the molecule is C[C@H](O)[C@@H](N)C(=O)Nc1ccc(C#Cc2ccccc2)cc1.C[C@H](OC(C)(C)C)C(NC(=O)OC(C)(C)C)C(=O)Nc1ccc(C#Cc2ccccc2)cc1.C[C@H](OC(C)(C)C)C(NC(=O)OC(C)(C)C)C(=O)O. The molecule has 6 atom stereocenters. The normalized spacial score (nSPS) is 13.6. The van der Waals surface area contributed by atoms with Gasteiger partial charge in [-0.1, -0.05) is 60.1 Å². The molecule has 400 valence electrons. The first kappa shape index (κ1) is 62.9. The van der Waals surface area contributed by atoms with Crippen LogP contribution in [0.4, 0.5) is 21.0 Å². The smallest absolute Gasteiger partial charge is 0.408 e. The fourth-order valence-electron chi connectivity index (χ4n) is 6.17. The molecule has 0 saturated carbocycles. The number of anilines is 2. The molecule has 16 heteroatoms.